The molecule has 0 fully saturated rings. The van der Waals surface area contributed by atoms with E-state index in [1.807, 2.05) is 0 Å². The summed E-state index contributed by atoms with van der Waals surface area (Å²) in [4.78, 5) is 0. The Bertz CT molecular complexity index is 243. The number of aromatic hydroxyl groups is 1. The van der Waals surface area contributed by atoms with E-state index in [1.165, 1.54) is 0 Å². The lowest BCUT2D eigenvalue weighted by Gasteiger charge is -2.02. The highest BCUT2D eigenvalue weighted by atomic mass is 16.5. The van der Waals surface area contributed by atoms with E-state index in [-0.39, 0.29) is 5.75 Å². The maximum atomic E-state index is 9.15. The number of rotatable bonds is 3. The molecule has 2 nitrogen and oxygen atoms in total. The molecule has 1 N–H and O–H groups in total. The Morgan fingerprint density at radius 3 is 3.18 bits per heavy atom. The topological polar surface area (TPSA) is 29.5 Å². The zero-order valence-corrected chi connectivity index (χ0v) is 6.08. The number of phenolic OH excluding ortho intramolecular Hbond substituents is 1. The van der Waals surface area contributed by atoms with Crippen molar-refractivity contribution in [2.45, 2.75) is 0 Å². The Hall–Kier alpha value is -1.44. The van der Waals surface area contributed by atoms with Crippen LogP contribution in [0.15, 0.2) is 30.9 Å². The van der Waals surface area contributed by atoms with Crippen molar-refractivity contribution in [3.8, 4) is 11.5 Å². The summed E-state index contributed by atoms with van der Waals surface area (Å²) >= 11 is 0. The molecule has 1 rings (SSSR count). The molecule has 0 aliphatic heterocycles. The predicted molar refractivity (Wildman–Crippen MR) is 42.6 cm³/mol. The molecule has 0 heterocycles. The smallest absolute Gasteiger partial charge is 0.169 e. The molecule has 0 saturated heterocycles. The third-order valence-electron chi connectivity index (χ3n) is 1.14. The Morgan fingerprint density at radius 2 is 2.55 bits per heavy atom. The van der Waals surface area contributed by atoms with E-state index >= 15 is 0 Å². The second kappa shape index (κ2) is 3.66. The van der Waals surface area contributed by atoms with Crippen molar-refractivity contribution >= 4 is 0 Å². The molecule has 11 heavy (non-hydrogen) atoms. The normalized spacial score (nSPS) is 9.09. The molecule has 0 aliphatic rings. The number of benzene rings is 1. The first-order valence-corrected chi connectivity index (χ1v) is 3.28. The van der Waals surface area contributed by atoms with Gasteiger partial charge in [-0.15, -0.1) is 0 Å². The van der Waals surface area contributed by atoms with Gasteiger partial charge < -0.3 is 9.84 Å². The van der Waals surface area contributed by atoms with Crippen molar-refractivity contribution < 1.29 is 9.84 Å². The van der Waals surface area contributed by atoms with Gasteiger partial charge in [-0.25, -0.2) is 0 Å². The van der Waals surface area contributed by atoms with Crippen LogP contribution in [0.3, 0.4) is 0 Å². The summed E-state index contributed by atoms with van der Waals surface area (Å²) in [5.41, 5.74) is 0. The molecule has 1 aromatic carbocycles. The van der Waals surface area contributed by atoms with Crippen molar-refractivity contribution in [1.82, 2.24) is 0 Å². The monoisotopic (exact) mass is 149 g/mol. The molecule has 2 heteroatoms. The lowest BCUT2D eigenvalue weighted by Crippen LogP contribution is -1.92. The average molecular weight is 149 g/mol. The second-order valence-electron chi connectivity index (χ2n) is 1.98. The molecule has 57 valence electrons. The Kier molecular flexibility index (Phi) is 2.55. The number of para-hydroxylation sites is 1. The molecule has 1 aromatic rings. The molecule has 0 aromatic heterocycles. The van der Waals surface area contributed by atoms with Gasteiger partial charge in [-0.2, -0.15) is 0 Å². The van der Waals surface area contributed by atoms with Gasteiger partial charge in [0.2, 0.25) is 0 Å². The van der Waals surface area contributed by atoms with Crippen LogP contribution in [0.1, 0.15) is 0 Å². The molecule has 0 saturated carbocycles. The van der Waals surface area contributed by atoms with Crippen LogP contribution in [0.5, 0.6) is 11.5 Å². The van der Waals surface area contributed by atoms with E-state index in [2.05, 4.69) is 12.6 Å². The first-order chi connectivity index (χ1) is 5.34. The second-order valence-corrected chi connectivity index (χ2v) is 1.98. The van der Waals surface area contributed by atoms with Gasteiger partial charge in [0.05, 0.1) is 0 Å². The number of hydrogen-bond acceptors (Lipinski definition) is 2. The maximum absolute atomic E-state index is 9.15. The minimum Gasteiger partial charge on any atom is -0.504 e. The standard InChI is InChI=1S/C9H9O2/c1-2-7-11-9-6-4-3-5-8(9)10/h2-5,10H,1,7H2. The van der Waals surface area contributed by atoms with Crippen LogP contribution in [0, 0.1) is 6.07 Å². The Balaban J connectivity index is 2.69. The predicted octanol–water partition coefficient (Wildman–Crippen LogP) is 1.76. The van der Waals surface area contributed by atoms with Crippen molar-refractivity contribution in [2.75, 3.05) is 6.61 Å². The number of hydrogen-bond donors (Lipinski definition) is 1. The van der Waals surface area contributed by atoms with E-state index in [4.69, 9.17) is 9.84 Å². The fourth-order valence-corrected chi connectivity index (χ4v) is 0.671. The summed E-state index contributed by atoms with van der Waals surface area (Å²) in [6.45, 7) is 3.87. The fraction of sp³-hybridized carbons (Fsp3) is 0.111. The molecular weight excluding hydrogens is 140 g/mol. The van der Waals surface area contributed by atoms with Gasteiger partial charge in [-0.05, 0) is 6.07 Å². The van der Waals surface area contributed by atoms with Gasteiger partial charge in [-0.3, -0.25) is 0 Å². The molecule has 0 spiro atoms. The summed E-state index contributed by atoms with van der Waals surface area (Å²) in [6, 6.07) is 7.67. The number of ether oxygens (including phenoxy) is 1. The van der Waals surface area contributed by atoms with Gasteiger partial charge >= 0.3 is 0 Å². The lowest BCUT2D eigenvalue weighted by molar-refractivity contribution is 0.335. The number of phenols is 1. The largest absolute Gasteiger partial charge is 0.504 e. The van der Waals surface area contributed by atoms with Crippen LogP contribution in [0.4, 0.5) is 0 Å². The van der Waals surface area contributed by atoms with E-state index < -0.39 is 0 Å². The first kappa shape index (κ1) is 7.66. The summed E-state index contributed by atoms with van der Waals surface area (Å²) in [5, 5.41) is 9.15. The highest BCUT2D eigenvalue weighted by molar-refractivity contribution is 5.36. The molecular formula is C9H9O2. The van der Waals surface area contributed by atoms with E-state index in [0.717, 1.165) is 0 Å². The summed E-state index contributed by atoms with van der Waals surface area (Å²) in [5.74, 6) is 0.474. The highest BCUT2D eigenvalue weighted by Crippen LogP contribution is 2.23. The Morgan fingerprint density at radius 1 is 1.73 bits per heavy atom. The van der Waals surface area contributed by atoms with Crippen molar-refractivity contribution in [1.29, 1.82) is 0 Å². The van der Waals surface area contributed by atoms with E-state index in [1.54, 1.807) is 24.3 Å². The minimum atomic E-state index is 0.106. The molecule has 1 radical (unpaired) electrons. The lowest BCUT2D eigenvalue weighted by atomic mass is 10.3. The zero-order valence-electron chi connectivity index (χ0n) is 6.08. The Labute approximate surface area is 65.7 Å². The van der Waals surface area contributed by atoms with Crippen molar-refractivity contribution in [3.63, 3.8) is 0 Å². The van der Waals surface area contributed by atoms with Crippen LogP contribution in [0.2, 0.25) is 0 Å². The molecule has 0 unspecified atom stereocenters. The fourth-order valence-electron chi connectivity index (χ4n) is 0.671. The summed E-state index contributed by atoms with van der Waals surface area (Å²) in [6.07, 6.45) is 1.61. The molecule has 0 aliphatic carbocycles. The average Bonchev–Trinajstić information content (AvgIpc) is 2.03. The van der Waals surface area contributed by atoms with Gasteiger partial charge in [0.25, 0.3) is 0 Å². The maximum Gasteiger partial charge on any atom is 0.169 e. The minimum absolute atomic E-state index is 0.106. The SMILES string of the molecule is C=CCOc1[c]cccc1O. The van der Waals surface area contributed by atoms with Crippen molar-refractivity contribution in [3.05, 3.63) is 36.9 Å². The third-order valence-corrected chi connectivity index (χ3v) is 1.14. The van der Waals surface area contributed by atoms with Crippen molar-refractivity contribution in [2.24, 2.45) is 0 Å². The van der Waals surface area contributed by atoms with Crippen LogP contribution < -0.4 is 4.74 Å². The first-order valence-electron chi connectivity index (χ1n) is 3.28. The van der Waals surface area contributed by atoms with Gasteiger partial charge in [-0.1, -0.05) is 24.8 Å². The zero-order chi connectivity index (χ0) is 8.10. The third kappa shape index (κ3) is 2.00. The summed E-state index contributed by atoms with van der Waals surface area (Å²) < 4.78 is 5.06. The van der Waals surface area contributed by atoms with E-state index in [9.17, 15) is 0 Å². The molecule has 0 amide bonds. The van der Waals surface area contributed by atoms with E-state index in [0.29, 0.717) is 12.4 Å². The van der Waals surface area contributed by atoms with Crippen LogP contribution >= 0.6 is 0 Å². The van der Waals surface area contributed by atoms with Gasteiger partial charge in [0.1, 0.15) is 6.61 Å². The quantitative estimate of drug-likeness (QED) is 0.663. The van der Waals surface area contributed by atoms with Crippen LogP contribution in [-0.4, -0.2) is 11.7 Å². The summed E-state index contributed by atoms with van der Waals surface area (Å²) in [7, 11) is 0. The van der Waals surface area contributed by atoms with Crippen LogP contribution in [-0.2, 0) is 0 Å². The van der Waals surface area contributed by atoms with Gasteiger partial charge in [0.15, 0.2) is 11.5 Å². The highest BCUT2D eigenvalue weighted by Gasteiger charge is 1.97. The van der Waals surface area contributed by atoms with Gasteiger partial charge in [0, 0.05) is 6.07 Å². The molecule has 0 atom stereocenters. The van der Waals surface area contributed by atoms with Crippen LogP contribution in [0.25, 0.3) is 0 Å². The molecule has 0 bridgehead atoms.